The lowest BCUT2D eigenvalue weighted by atomic mass is 9.92. The number of rotatable bonds is 6. The van der Waals surface area contributed by atoms with Gasteiger partial charge in [0.15, 0.2) is 0 Å². The summed E-state index contributed by atoms with van der Waals surface area (Å²) >= 11 is 0. The smallest absolute Gasteiger partial charge is 0.220 e. The van der Waals surface area contributed by atoms with E-state index in [-0.39, 0.29) is 17.9 Å². The normalized spacial score (nSPS) is 14.0. The lowest BCUT2D eigenvalue weighted by Gasteiger charge is -2.19. The molecule has 0 aliphatic rings. The summed E-state index contributed by atoms with van der Waals surface area (Å²) in [6.45, 7) is 6.64. The van der Waals surface area contributed by atoms with Gasteiger partial charge in [-0.1, -0.05) is 31.2 Å². The molecule has 0 saturated carbocycles. The molecule has 1 rings (SSSR count). The fraction of sp³-hybridized carbons (Fsp3) is 0.533. The van der Waals surface area contributed by atoms with Gasteiger partial charge in [-0.15, -0.1) is 0 Å². The van der Waals surface area contributed by atoms with Crippen LogP contribution >= 0.6 is 0 Å². The Morgan fingerprint density at radius 2 is 2.06 bits per heavy atom. The maximum Gasteiger partial charge on any atom is 0.220 e. The van der Waals surface area contributed by atoms with Crippen LogP contribution in [0.15, 0.2) is 24.3 Å². The minimum atomic E-state index is 0.0862. The van der Waals surface area contributed by atoms with Crippen LogP contribution in [0.2, 0.25) is 0 Å². The first-order chi connectivity index (χ1) is 8.58. The molecular formula is C15H24N2O. The number of amides is 1. The standard InChI is InChI=1S/C15H24N2O/c1-4-12(3)17-15(18)9-13(10-16)14-8-6-5-7-11(14)2/h5-8,12-13H,4,9-10,16H2,1-3H3,(H,17,18). The first kappa shape index (κ1) is 14.7. The van der Waals surface area contributed by atoms with Gasteiger partial charge in [0.25, 0.3) is 0 Å². The van der Waals surface area contributed by atoms with Crippen LogP contribution in [0.1, 0.15) is 43.7 Å². The maximum absolute atomic E-state index is 11.9. The monoisotopic (exact) mass is 248 g/mol. The number of carbonyl (C=O) groups is 1. The Kier molecular flexibility index (Phi) is 5.86. The molecular weight excluding hydrogens is 224 g/mol. The highest BCUT2D eigenvalue weighted by Gasteiger charge is 2.16. The summed E-state index contributed by atoms with van der Waals surface area (Å²) < 4.78 is 0. The van der Waals surface area contributed by atoms with Crippen LogP contribution in [-0.2, 0) is 4.79 Å². The van der Waals surface area contributed by atoms with E-state index >= 15 is 0 Å². The minimum absolute atomic E-state index is 0.0862. The number of aryl methyl sites for hydroxylation is 1. The average molecular weight is 248 g/mol. The summed E-state index contributed by atoms with van der Waals surface area (Å²) in [6, 6.07) is 8.35. The highest BCUT2D eigenvalue weighted by atomic mass is 16.1. The summed E-state index contributed by atoms with van der Waals surface area (Å²) in [6.07, 6.45) is 1.41. The van der Waals surface area contributed by atoms with Crippen LogP contribution in [0.5, 0.6) is 0 Å². The van der Waals surface area contributed by atoms with Crippen LogP contribution in [0.25, 0.3) is 0 Å². The second kappa shape index (κ2) is 7.17. The number of hydrogen-bond donors (Lipinski definition) is 2. The van der Waals surface area contributed by atoms with E-state index in [0.29, 0.717) is 13.0 Å². The molecule has 0 heterocycles. The van der Waals surface area contributed by atoms with E-state index in [4.69, 9.17) is 5.73 Å². The first-order valence-electron chi connectivity index (χ1n) is 6.63. The molecule has 18 heavy (non-hydrogen) atoms. The Hall–Kier alpha value is -1.35. The molecule has 0 saturated heterocycles. The zero-order valence-corrected chi connectivity index (χ0v) is 11.6. The molecule has 1 amide bonds. The van der Waals surface area contributed by atoms with Gasteiger partial charge in [0, 0.05) is 18.4 Å². The molecule has 0 radical (unpaired) electrons. The first-order valence-corrected chi connectivity index (χ1v) is 6.63. The number of benzene rings is 1. The third-order valence-corrected chi connectivity index (χ3v) is 3.36. The molecule has 3 nitrogen and oxygen atoms in total. The zero-order valence-electron chi connectivity index (χ0n) is 11.6. The highest BCUT2D eigenvalue weighted by molar-refractivity contribution is 5.77. The summed E-state index contributed by atoms with van der Waals surface area (Å²) in [7, 11) is 0. The van der Waals surface area contributed by atoms with E-state index in [1.165, 1.54) is 11.1 Å². The van der Waals surface area contributed by atoms with Gasteiger partial charge in [0.05, 0.1) is 0 Å². The highest BCUT2D eigenvalue weighted by Crippen LogP contribution is 2.21. The van der Waals surface area contributed by atoms with Crippen LogP contribution in [-0.4, -0.2) is 18.5 Å². The van der Waals surface area contributed by atoms with Gasteiger partial charge in [0.2, 0.25) is 5.91 Å². The van der Waals surface area contributed by atoms with Gasteiger partial charge < -0.3 is 11.1 Å². The van der Waals surface area contributed by atoms with Crippen LogP contribution < -0.4 is 11.1 Å². The van der Waals surface area contributed by atoms with Crippen LogP contribution in [0.3, 0.4) is 0 Å². The molecule has 2 atom stereocenters. The molecule has 1 aromatic rings. The summed E-state index contributed by atoms with van der Waals surface area (Å²) in [5.41, 5.74) is 8.18. The van der Waals surface area contributed by atoms with Crippen molar-refractivity contribution in [1.29, 1.82) is 0 Å². The van der Waals surface area contributed by atoms with Crippen molar-refractivity contribution in [1.82, 2.24) is 5.32 Å². The van der Waals surface area contributed by atoms with E-state index < -0.39 is 0 Å². The van der Waals surface area contributed by atoms with Gasteiger partial charge in [0.1, 0.15) is 0 Å². The number of carbonyl (C=O) groups excluding carboxylic acids is 1. The van der Waals surface area contributed by atoms with Gasteiger partial charge in [-0.3, -0.25) is 4.79 Å². The molecule has 3 N–H and O–H groups in total. The van der Waals surface area contributed by atoms with E-state index in [0.717, 1.165) is 6.42 Å². The second-order valence-electron chi connectivity index (χ2n) is 4.87. The Labute approximate surface area is 110 Å². The average Bonchev–Trinajstić information content (AvgIpc) is 2.36. The molecule has 0 bridgehead atoms. The van der Waals surface area contributed by atoms with Crippen molar-refractivity contribution >= 4 is 5.91 Å². The van der Waals surface area contributed by atoms with Gasteiger partial charge in [-0.05, 0) is 37.9 Å². The molecule has 0 aliphatic carbocycles. The number of nitrogens with two attached hydrogens (primary N) is 1. The molecule has 0 aliphatic heterocycles. The van der Waals surface area contributed by atoms with Crippen molar-refractivity contribution in [3.8, 4) is 0 Å². The third-order valence-electron chi connectivity index (χ3n) is 3.36. The van der Waals surface area contributed by atoms with Gasteiger partial charge in [-0.2, -0.15) is 0 Å². The van der Waals surface area contributed by atoms with E-state index in [1.807, 2.05) is 19.1 Å². The molecule has 3 heteroatoms. The molecule has 1 aromatic carbocycles. The van der Waals surface area contributed by atoms with Gasteiger partial charge >= 0.3 is 0 Å². The lowest BCUT2D eigenvalue weighted by molar-refractivity contribution is -0.122. The van der Waals surface area contributed by atoms with Crippen molar-refractivity contribution in [2.24, 2.45) is 5.73 Å². The minimum Gasteiger partial charge on any atom is -0.354 e. The van der Waals surface area contributed by atoms with E-state index in [9.17, 15) is 4.79 Å². The fourth-order valence-corrected chi connectivity index (χ4v) is 2.02. The second-order valence-corrected chi connectivity index (χ2v) is 4.87. The summed E-state index contributed by atoms with van der Waals surface area (Å²) in [4.78, 5) is 11.9. The number of hydrogen-bond acceptors (Lipinski definition) is 2. The molecule has 0 fully saturated rings. The van der Waals surface area contributed by atoms with E-state index in [1.54, 1.807) is 0 Å². The quantitative estimate of drug-likeness (QED) is 0.812. The van der Waals surface area contributed by atoms with Crippen molar-refractivity contribution < 1.29 is 4.79 Å². The topological polar surface area (TPSA) is 55.1 Å². The Morgan fingerprint density at radius 3 is 2.61 bits per heavy atom. The predicted molar refractivity (Wildman–Crippen MR) is 75.5 cm³/mol. The van der Waals surface area contributed by atoms with Crippen molar-refractivity contribution in [2.45, 2.75) is 45.6 Å². The Morgan fingerprint density at radius 1 is 1.39 bits per heavy atom. The fourth-order valence-electron chi connectivity index (χ4n) is 2.02. The van der Waals surface area contributed by atoms with Crippen molar-refractivity contribution in [3.05, 3.63) is 35.4 Å². The molecule has 0 spiro atoms. The molecule has 2 unspecified atom stereocenters. The SMILES string of the molecule is CCC(C)NC(=O)CC(CN)c1ccccc1C. The van der Waals surface area contributed by atoms with Crippen molar-refractivity contribution in [3.63, 3.8) is 0 Å². The number of nitrogens with one attached hydrogen (secondary N) is 1. The summed E-state index contributed by atoms with van der Waals surface area (Å²) in [5.74, 6) is 0.193. The molecule has 100 valence electrons. The predicted octanol–water partition coefficient (Wildman–Crippen LogP) is 2.34. The Bertz CT molecular complexity index is 390. The summed E-state index contributed by atoms with van der Waals surface area (Å²) in [5, 5.41) is 2.99. The largest absolute Gasteiger partial charge is 0.354 e. The van der Waals surface area contributed by atoms with E-state index in [2.05, 4.69) is 31.3 Å². The van der Waals surface area contributed by atoms with Crippen LogP contribution in [0, 0.1) is 6.92 Å². The van der Waals surface area contributed by atoms with Crippen LogP contribution in [0.4, 0.5) is 0 Å². The Balaban J connectivity index is 2.68. The van der Waals surface area contributed by atoms with Crippen molar-refractivity contribution in [2.75, 3.05) is 6.54 Å². The zero-order chi connectivity index (χ0) is 13.5. The van der Waals surface area contributed by atoms with Gasteiger partial charge in [-0.25, -0.2) is 0 Å². The maximum atomic E-state index is 11.9. The lowest BCUT2D eigenvalue weighted by Crippen LogP contribution is -2.34. The molecule has 0 aromatic heterocycles. The third kappa shape index (κ3) is 4.15.